The fraction of sp³-hybridized carbons (Fsp3) is 0.333. The maximum Gasteiger partial charge on any atom is 0.239 e. The minimum Gasteiger partial charge on any atom is -0.376 e. The van der Waals surface area contributed by atoms with Crippen LogP contribution in [0.3, 0.4) is 0 Å². The van der Waals surface area contributed by atoms with Crippen molar-refractivity contribution in [2.45, 2.75) is 19.4 Å². The van der Waals surface area contributed by atoms with Gasteiger partial charge in [-0.25, -0.2) is 0 Å². The van der Waals surface area contributed by atoms with E-state index < -0.39 is 0 Å². The zero-order valence-corrected chi connectivity index (χ0v) is 13.2. The molecule has 3 rings (SSSR count). The van der Waals surface area contributed by atoms with Gasteiger partial charge in [-0.3, -0.25) is 9.78 Å². The average molecular weight is 310 g/mol. The van der Waals surface area contributed by atoms with E-state index >= 15 is 0 Å². The number of hydrogen-bond donors (Lipinski definition) is 2. The molecule has 1 fully saturated rings. The highest BCUT2D eigenvalue weighted by molar-refractivity contribution is 5.80. The van der Waals surface area contributed by atoms with Crippen LogP contribution < -0.4 is 15.5 Å². The van der Waals surface area contributed by atoms with E-state index in [9.17, 15) is 4.79 Å². The summed E-state index contributed by atoms with van der Waals surface area (Å²) in [4.78, 5) is 18.4. The van der Waals surface area contributed by atoms with Gasteiger partial charge in [0.15, 0.2) is 0 Å². The molecule has 1 aliphatic rings. The molecule has 2 N–H and O–H groups in total. The predicted octanol–water partition coefficient (Wildman–Crippen LogP) is 2.41. The molecule has 1 saturated heterocycles. The van der Waals surface area contributed by atoms with Crippen LogP contribution in [-0.4, -0.2) is 30.5 Å². The number of nitrogens with one attached hydrogen (secondary N) is 2. The van der Waals surface area contributed by atoms with E-state index in [0.717, 1.165) is 24.5 Å². The standard InChI is InChI=1S/C18H22N4O/c23-18(21-13-16-5-1-2-10-19-16)14-20-15-6-8-17(9-7-15)22-11-3-4-12-22/h1-2,5-10,20H,3-4,11-14H2,(H,21,23). The van der Waals surface area contributed by atoms with Gasteiger partial charge in [0.2, 0.25) is 5.91 Å². The number of pyridine rings is 1. The van der Waals surface area contributed by atoms with Crippen LogP contribution in [0, 0.1) is 0 Å². The van der Waals surface area contributed by atoms with Crippen molar-refractivity contribution in [3.63, 3.8) is 0 Å². The van der Waals surface area contributed by atoms with E-state index in [1.165, 1.54) is 18.5 Å². The van der Waals surface area contributed by atoms with E-state index in [1.807, 2.05) is 30.3 Å². The Morgan fingerprint density at radius 3 is 2.57 bits per heavy atom. The number of nitrogens with zero attached hydrogens (tertiary/aromatic N) is 2. The quantitative estimate of drug-likeness (QED) is 0.860. The van der Waals surface area contributed by atoms with Gasteiger partial charge in [-0.05, 0) is 49.2 Å². The molecule has 23 heavy (non-hydrogen) atoms. The topological polar surface area (TPSA) is 57.3 Å². The second-order valence-electron chi connectivity index (χ2n) is 5.69. The lowest BCUT2D eigenvalue weighted by Gasteiger charge is -2.18. The normalized spacial score (nSPS) is 13.8. The lowest BCUT2D eigenvalue weighted by molar-refractivity contribution is -0.119. The van der Waals surface area contributed by atoms with Gasteiger partial charge in [0.1, 0.15) is 0 Å². The Bertz CT molecular complexity index is 621. The van der Waals surface area contributed by atoms with Crippen molar-refractivity contribution in [3.05, 3.63) is 54.4 Å². The number of aromatic nitrogens is 1. The van der Waals surface area contributed by atoms with Crippen LogP contribution in [0.5, 0.6) is 0 Å². The minimum absolute atomic E-state index is 0.0423. The molecular formula is C18H22N4O. The lowest BCUT2D eigenvalue weighted by Crippen LogP contribution is -2.29. The van der Waals surface area contributed by atoms with Crippen LogP contribution in [0.2, 0.25) is 0 Å². The molecule has 0 unspecified atom stereocenters. The van der Waals surface area contributed by atoms with Gasteiger partial charge in [0.05, 0.1) is 18.8 Å². The highest BCUT2D eigenvalue weighted by Crippen LogP contribution is 2.21. The Morgan fingerprint density at radius 2 is 1.87 bits per heavy atom. The molecule has 1 aliphatic heterocycles. The van der Waals surface area contributed by atoms with Crippen molar-refractivity contribution >= 4 is 17.3 Å². The summed E-state index contributed by atoms with van der Waals surface area (Å²) in [6, 6.07) is 13.9. The molecule has 0 saturated carbocycles. The number of anilines is 2. The van der Waals surface area contributed by atoms with Crippen LogP contribution in [-0.2, 0) is 11.3 Å². The Morgan fingerprint density at radius 1 is 1.09 bits per heavy atom. The Kier molecular flexibility index (Phi) is 5.09. The third kappa shape index (κ3) is 4.45. The molecule has 5 heteroatoms. The Hall–Kier alpha value is -2.56. The van der Waals surface area contributed by atoms with Crippen molar-refractivity contribution in [2.75, 3.05) is 29.9 Å². The van der Waals surface area contributed by atoms with Gasteiger partial charge in [0.25, 0.3) is 0 Å². The zero-order chi connectivity index (χ0) is 15.9. The summed E-state index contributed by atoms with van der Waals surface area (Å²) >= 11 is 0. The van der Waals surface area contributed by atoms with Crippen LogP contribution in [0.1, 0.15) is 18.5 Å². The van der Waals surface area contributed by atoms with Crippen molar-refractivity contribution in [1.82, 2.24) is 10.3 Å². The predicted molar refractivity (Wildman–Crippen MR) is 92.5 cm³/mol. The summed E-state index contributed by atoms with van der Waals surface area (Å²) in [5, 5.41) is 6.00. The van der Waals surface area contributed by atoms with Gasteiger partial charge >= 0.3 is 0 Å². The monoisotopic (exact) mass is 310 g/mol. The highest BCUT2D eigenvalue weighted by atomic mass is 16.1. The summed E-state index contributed by atoms with van der Waals surface area (Å²) in [5.74, 6) is -0.0423. The Labute approximate surface area is 136 Å². The fourth-order valence-electron chi connectivity index (χ4n) is 2.70. The van der Waals surface area contributed by atoms with Gasteiger partial charge < -0.3 is 15.5 Å². The molecule has 1 amide bonds. The van der Waals surface area contributed by atoms with Gasteiger partial charge in [-0.2, -0.15) is 0 Å². The van der Waals surface area contributed by atoms with Crippen molar-refractivity contribution in [2.24, 2.45) is 0 Å². The molecule has 2 aromatic rings. The maximum atomic E-state index is 11.9. The van der Waals surface area contributed by atoms with Crippen LogP contribution in [0.25, 0.3) is 0 Å². The first-order valence-corrected chi connectivity index (χ1v) is 8.07. The second kappa shape index (κ2) is 7.63. The summed E-state index contributed by atoms with van der Waals surface area (Å²) in [6.07, 6.45) is 4.27. The number of amides is 1. The average Bonchev–Trinajstić information content (AvgIpc) is 3.14. The molecule has 0 spiro atoms. The largest absolute Gasteiger partial charge is 0.376 e. The van der Waals surface area contributed by atoms with Crippen molar-refractivity contribution in [1.29, 1.82) is 0 Å². The summed E-state index contributed by atoms with van der Waals surface area (Å²) < 4.78 is 0. The van der Waals surface area contributed by atoms with E-state index in [1.54, 1.807) is 6.20 Å². The molecule has 0 atom stereocenters. The van der Waals surface area contributed by atoms with Crippen molar-refractivity contribution < 1.29 is 4.79 Å². The smallest absolute Gasteiger partial charge is 0.239 e. The molecule has 0 aliphatic carbocycles. The van der Waals surface area contributed by atoms with E-state index in [-0.39, 0.29) is 12.5 Å². The molecule has 0 radical (unpaired) electrons. The number of benzene rings is 1. The van der Waals surface area contributed by atoms with Gasteiger partial charge in [0, 0.05) is 30.7 Å². The van der Waals surface area contributed by atoms with Crippen molar-refractivity contribution in [3.8, 4) is 0 Å². The van der Waals surface area contributed by atoms with Crippen LogP contribution in [0.15, 0.2) is 48.7 Å². The van der Waals surface area contributed by atoms with Gasteiger partial charge in [-0.15, -0.1) is 0 Å². The fourth-order valence-corrected chi connectivity index (χ4v) is 2.70. The molecule has 1 aromatic carbocycles. The molecule has 0 bridgehead atoms. The van der Waals surface area contributed by atoms with Gasteiger partial charge in [-0.1, -0.05) is 6.07 Å². The first-order valence-electron chi connectivity index (χ1n) is 8.07. The summed E-state index contributed by atoms with van der Waals surface area (Å²) in [5.41, 5.74) is 3.07. The lowest BCUT2D eigenvalue weighted by atomic mass is 10.2. The number of hydrogen-bond acceptors (Lipinski definition) is 4. The number of carbonyl (C=O) groups is 1. The molecular weight excluding hydrogens is 288 g/mol. The van der Waals surface area contributed by atoms with E-state index in [0.29, 0.717) is 6.54 Å². The summed E-state index contributed by atoms with van der Waals surface area (Å²) in [7, 11) is 0. The third-order valence-electron chi connectivity index (χ3n) is 3.98. The molecule has 120 valence electrons. The van der Waals surface area contributed by atoms with Crippen LogP contribution in [0.4, 0.5) is 11.4 Å². The maximum absolute atomic E-state index is 11.9. The summed E-state index contributed by atoms with van der Waals surface area (Å²) in [6.45, 7) is 3.00. The first-order chi connectivity index (χ1) is 11.3. The zero-order valence-electron chi connectivity index (χ0n) is 13.2. The SMILES string of the molecule is O=C(CNc1ccc(N2CCCC2)cc1)NCc1ccccn1. The minimum atomic E-state index is -0.0423. The Balaban J connectivity index is 1.43. The first kappa shape index (κ1) is 15.3. The van der Waals surface area contributed by atoms with E-state index in [4.69, 9.17) is 0 Å². The highest BCUT2D eigenvalue weighted by Gasteiger charge is 2.11. The van der Waals surface area contributed by atoms with Crippen LogP contribution >= 0.6 is 0 Å². The van der Waals surface area contributed by atoms with E-state index in [2.05, 4.69) is 32.7 Å². The second-order valence-corrected chi connectivity index (χ2v) is 5.69. The molecule has 5 nitrogen and oxygen atoms in total. The molecule has 1 aromatic heterocycles. The number of rotatable bonds is 6. The third-order valence-corrected chi connectivity index (χ3v) is 3.98. The molecule has 2 heterocycles. The number of carbonyl (C=O) groups excluding carboxylic acids is 1.